The molecule has 0 atom stereocenters. The van der Waals surface area contributed by atoms with Gasteiger partial charge in [0.25, 0.3) is 5.69 Å². The average Bonchev–Trinajstić information content (AvgIpc) is 2.47. The molecule has 2 aromatic carbocycles. The van der Waals surface area contributed by atoms with E-state index >= 15 is 0 Å². The molecule has 0 bridgehead atoms. The molecule has 2 aromatic rings. The zero-order valence-electron chi connectivity index (χ0n) is 11.8. The second-order valence-corrected chi connectivity index (χ2v) is 4.84. The van der Waals surface area contributed by atoms with Crippen LogP contribution in [0, 0.1) is 35.3 Å². The van der Waals surface area contributed by atoms with Gasteiger partial charge in [-0.3, -0.25) is 10.1 Å². The van der Waals surface area contributed by atoms with Crippen LogP contribution in [0.25, 0.3) is 11.6 Å². The minimum Gasteiger partial charge on any atom is -0.258 e. The number of nitro benzene ring substituents is 1. The third kappa shape index (κ3) is 3.34. The number of nitrogens with zero attached hydrogens (tertiary/aromatic N) is 2. The van der Waals surface area contributed by atoms with Crippen molar-refractivity contribution in [3.8, 4) is 6.07 Å². The Labute approximate surface area is 123 Å². The number of benzene rings is 2. The quantitative estimate of drug-likeness (QED) is 0.364. The summed E-state index contributed by atoms with van der Waals surface area (Å²) in [6, 6.07) is 14.3. The van der Waals surface area contributed by atoms with Crippen LogP contribution in [-0.4, -0.2) is 4.92 Å². The van der Waals surface area contributed by atoms with E-state index in [2.05, 4.69) is 6.07 Å². The van der Waals surface area contributed by atoms with Crippen molar-refractivity contribution in [2.75, 3.05) is 0 Å². The first-order valence-corrected chi connectivity index (χ1v) is 6.45. The Hall–Kier alpha value is -2.93. The van der Waals surface area contributed by atoms with E-state index in [1.165, 1.54) is 12.1 Å². The van der Waals surface area contributed by atoms with Crippen molar-refractivity contribution in [3.63, 3.8) is 0 Å². The normalized spacial score (nSPS) is 11.0. The van der Waals surface area contributed by atoms with Crippen LogP contribution in [0.4, 0.5) is 5.69 Å². The first-order valence-electron chi connectivity index (χ1n) is 6.45. The second kappa shape index (κ2) is 6.02. The van der Waals surface area contributed by atoms with Gasteiger partial charge in [-0.1, -0.05) is 35.9 Å². The highest BCUT2D eigenvalue weighted by Crippen LogP contribution is 2.23. The molecule has 0 saturated heterocycles. The van der Waals surface area contributed by atoms with Crippen LogP contribution in [0.5, 0.6) is 0 Å². The Bertz CT molecular complexity index is 771. The van der Waals surface area contributed by atoms with Gasteiger partial charge >= 0.3 is 0 Å². The van der Waals surface area contributed by atoms with Gasteiger partial charge in [0.2, 0.25) is 0 Å². The van der Waals surface area contributed by atoms with Crippen molar-refractivity contribution < 1.29 is 4.92 Å². The first-order chi connectivity index (χ1) is 10.0. The fraction of sp³-hybridized carbons (Fsp3) is 0.118. The van der Waals surface area contributed by atoms with Crippen molar-refractivity contribution in [2.24, 2.45) is 0 Å². The fourth-order valence-corrected chi connectivity index (χ4v) is 2.09. The van der Waals surface area contributed by atoms with Gasteiger partial charge in [0.05, 0.1) is 16.6 Å². The third-order valence-corrected chi connectivity index (χ3v) is 3.20. The minimum atomic E-state index is -0.443. The number of nitro groups is 1. The van der Waals surface area contributed by atoms with Crippen molar-refractivity contribution >= 4 is 17.3 Å². The highest BCUT2D eigenvalue weighted by molar-refractivity contribution is 5.91. The molecule has 0 saturated carbocycles. The molecular formula is C17H14N2O2. The Balaban J connectivity index is 2.51. The molecule has 0 spiro atoms. The molecule has 0 amide bonds. The Morgan fingerprint density at radius 3 is 2.67 bits per heavy atom. The summed E-state index contributed by atoms with van der Waals surface area (Å²) in [7, 11) is 0. The molecule has 0 aromatic heterocycles. The molecule has 2 rings (SSSR count). The molecular weight excluding hydrogens is 264 g/mol. The molecule has 0 aliphatic rings. The SMILES string of the molecule is Cc1ccc(C)c(/C(C#N)=C\c2cccc([N+](=O)[O-])c2)c1. The summed E-state index contributed by atoms with van der Waals surface area (Å²) in [5, 5.41) is 20.2. The lowest BCUT2D eigenvalue weighted by atomic mass is 9.97. The number of hydrogen-bond donors (Lipinski definition) is 0. The Morgan fingerprint density at radius 1 is 1.24 bits per heavy atom. The lowest BCUT2D eigenvalue weighted by molar-refractivity contribution is -0.384. The van der Waals surface area contributed by atoms with Crippen LogP contribution < -0.4 is 0 Å². The van der Waals surface area contributed by atoms with Crippen LogP contribution in [-0.2, 0) is 0 Å². The summed E-state index contributed by atoms with van der Waals surface area (Å²) in [5.41, 5.74) is 4.07. The van der Waals surface area contributed by atoms with E-state index in [-0.39, 0.29) is 5.69 Å². The maximum atomic E-state index is 10.8. The maximum Gasteiger partial charge on any atom is 0.270 e. The Morgan fingerprint density at radius 2 is 2.00 bits per heavy atom. The van der Waals surface area contributed by atoms with E-state index in [1.54, 1.807) is 18.2 Å². The standard InChI is InChI=1S/C17H14N2O2/c1-12-6-7-13(2)17(8-12)15(11-18)9-14-4-3-5-16(10-14)19(20)21/h3-10H,1-2H3/b15-9-. The first kappa shape index (κ1) is 14.5. The van der Waals surface area contributed by atoms with Crippen molar-refractivity contribution in [2.45, 2.75) is 13.8 Å². The van der Waals surface area contributed by atoms with E-state index in [1.807, 2.05) is 32.0 Å². The van der Waals surface area contributed by atoms with Crippen LogP contribution >= 0.6 is 0 Å². The monoisotopic (exact) mass is 278 g/mol. The summed E-state index contributed by atoms with van der Waals surface area (Å²) < 4.78 is 0. The maximum absolute atomic E-state index is 10.8. The van der Waals surface area contributed by atoms with E-state index in [9.17, 15) is 15.4 Å². The lowest BCUT2D eigenvalue weighted by Crippen LogP contribution is -1.90. The number of allylic oxidation sites excluding steroid dienone is 1. The lowest BCUT2D eigenvalue weighted by Gasteiger charge is -2.06. The van der Waals surface area contributed by atoms with E-state index < -0.39 is 4.92 Å². The third-order valence-electron chi connectivity index (χ3n) is 3.20. The molecule has 4 nitrogen and oxygen atoms in total. The predicted octanol–water partition coefficient (Wildman–Crippen LogP) is 4.28. The van der Waals surface area contributed by atoms with Gasteiger partial charge in [0.1, 0.15) is 0 Å². The highest BCUT2D eigenvalue weighted by Gasteiger charge is 2.08. The summed E-state index contributed by atoms with van der Waals surface area (Å²) >= 11 is 0. The smallest absolute Gasteiger partial charge is 0.258 e. The molecule has 0 unspecified atom stereocenters. The minimum absolute atomic E-state index is 0.0157. The van der Waals surface area contributed by atoms with E-state index in [0.29, 0.717) is 11.1 Å². The van der Waals surface area contributed by atoms with Gasteiger partial charge in [0.15, 0.2) is 0 Å². The van der Waals surface area contributed by atoms with Gasteiger partial charge in [0, 0.05) is 12.1 Å². The van der Waals surface area contributed by atoms with Crippen molar-refractivity contribution in [1.29, 1.82) is 5.26 Å². The van der Waals surface area contributed by atoms with Crippen LogP contribution in [0.15, 0.2) is 42.5 Å². The summed E-state index contributed by atoms with van der Waals surface area (Å²) in [4.78, 5) is 10.4. The summed E-state index contributed by atoms with van der Waals surface area (Å²) in [5.74, 6) is 0. The van der Waals surface area contributed by atoms with Crippen LogP contribution in [0.3, 0.4) is 0 Å². The second-order valence-electron chi connectivity index (χ2n) is 4.84. The molecule has 0 heterocycles. The molecule has 0 fully saturated rings. The average molecular weight is 278 g/mol. The highest BCUT2D eigenvalue weighted by atomic mass is 16.6. The van der Waals surface area contributed by atoms with Gasteiger partial charge in [-0.15, -0.1) is 0 Å². The van der Waals surface area contributed by atoms with Gasteiger partial charge in [-0.25, -0.2) is 0 Å². The molecule has 0 N–H and O–H groups in total. The van der Waals surface area contributed by atoms with Gasteiger partial charge in [-0.05, 0) is 36.6 Å². The topological polar surface area (TPSA) is 66.9 Å². The molecule has 104 valence electrons. The van der Waals surface area contributed by atoms with Gasteiger partial charge < -0.3 is 0 Å². The number of hydrogen-bond acceptors (Lipinski definition) is 3. The fourth-order valence-electron chi connectivity index (χ4n) is 2.09. The van der Waals surface area contributed by atoms with Crippen LogP contribution in [0.1, 0.15) is 22.3 Å². The largest absolute Gasteiger partial charge is 0.270 e. The van der Waals surface area contributed by atoms with Gasteiger partial charge in [-0.2, -0.15) is 5.26 Å². The number of rotatable bonds is 3. The number of aryl methyl sites for hydroxylation is 2. The zero-order chi connectivity index (χ0) is 15.4. The zero-order valence-corrected chi connectivity index (χ0v) is 11.8. The summed E-state index contributed by atoms with van der Waals surface area (Å²) in [6.45, 7) is 3.90. The molecule has 0 aliphatic carbocycles. The molecule has 0 radical (unpaired) electrons. The predicted molar refractivity (Wildman–Crippen MR) is 82.5 cm³/mol. The van der Waals surface area contributed by atoms with Crippen LogP contribution in [0.2, 0.25) is 0 Å². The van der Waals surface area contributed by atoms with E-state index in [4.69, 9.17) is 0 Å². The summed E-state index contributed by atoms with van der Waals surface area (Å²) in [6.07, 6.45) is 1.68. The van der Waals surface area contributed by atoms with E-state index in [0.717, 1.165) is 16.7 Å². The number of nitriles is 1. The molecule has 4 heteroatoms. The molecule has 0 aliphatic heterocycles. The molecule has 21 heavy (non-hydrogen) atoms. The number of non-ortho nitro benzene ring substituents is 1. The van der Waals surface area contributed by atoms with Crippen molar-refractivity contribution in [3.05, 3.63) is 74.8 Å². The Kier molecular flexibility index (Phi) is 4.15. The van der Waals surface area contributed by atoms with Crippen molar-refractivity contribution in [1.82, 2.24) is 0 Å².